The molecule has 1 aromatic heterocycles. The van der Waals surface area contributed by atoms with E-state index in [1.165, 1.54) is 30.9 Å². The third-order valence-electron chi connectivity index (χ3n) is 3.96. The lowest BCUT2D eigenvalue weighted by Crippen LogP contribution is -2.20. The number of nitrogens with two attached hydrogens (primary N) is 1. The molecule has 1 unspecified atom stereocenters. The number of pyridine rings is 1. The Labute approximate surface area is 112 Å². The van der Waals surface area contributed by atoms with Crippen molar-refractivity contribution in [2.75, 3.05) is 0 Å². The van der Waals surface area contributed by atoms with E-state index >= 15 is 0 Å². The molecule has 0 amide bonds. The molecule has 3 heteroatoms. The number of benzene rings is 1. The minimum Gasteiger partial charge on any atom is -0.319 e. The first-order valence-electron chi connectivity index (χ1n) is 6.72. The number of rotatable bonds is 3. The van der Waals surface area contributed by atoms with Crippen LogP contribution in [0.3, 0.4) is 0 Å². The molecular formula is C16H17FN2. The van der Waals surface area contributed by atoms with Crippen LogP contribution in [-0.2, 0) is 0 Å². The molecule has 3 rings (SSSR count). The lowest BCUT2D eigenvalue weighted by molar-refractivity contribution is 0.416. The molecule has 98 valence electrons. The van der Waals surface area contributed by atoms with Gasteiger partial charge in [0.1, 0.15) is 5.82 Å². The quantitative estimate of drug-likeness (QED) is 0.912. The summed E-state index contributed by atoms with van der Waals surface area (Å²) < 4.78 is 13.8. The fourth-order valence-electron chi connectivity index (χ4n) is 2.66. The lowest BCUT2D eigenvalue weighted by Gasteiger charge is -2.29. The van der Waals surface area contributed by atoms with Gasteiger partial charge in [0.05, 0.1) is 11.7 Å². The van der Waals surface area contributed by atoms with Crippen molar-refractivity contribution in [2.45, 2.75) is 31.2 Å². The summed E-state index contributed by atoms with van der Waals surface area (Å²) in [5, 5.41) is 0. The Morgan fingerprint density at radius 3 is 2.63 bits per heavy atom. The SMILES string of the molecule is NC(c1ccccc1C1CCC1)c1ncccc1F. The third-order valence-corrected chi connectivity index (χ3v) is 3.96. The maximum atomic E-state index is 13.8. The molecule has 1 heterocycles. The molecular weight excluding hydrogens is 239 g/mol. The van der Waals surface area contributed by atoms with Gasteiger partial charge in [-0.15, -0.1) is 0 Å². The van der Waals surface area contributed by atoms with Gasteiger partial charge >= 0.3 is 0 Å². The second-order valence-corrected chi connectivity index (χ2v) is 5.10. The standard InChI is InChI=1S/C16H17FN2/c17-14-9-4-10-19-16(14)15(18)13-8-2-1-7-12(13)11-5-3-6-11/h1-2,4,7-11,15H,3,5-6,18H2. The van der Waals surface area contributed by atoms with Gasteiger partial charge in [-0.1, -0.05) is 30.7 Å². The van der Waals surface area contributed by atoms with Crippen LogP contribution in [0.1, 0.15) is 48.0 Å². The summed E-state index contributed by atoms with van der Waals surface area (Å²) in [4.78, 5) is 4.10. The van der Waals surface area contributed by atoms with E-state index in [1.54, 1.807) is 12.3 Å². The number of hydrogen-bond donors (Lipinski definition) is 1. The van der Waals surface area contributed by atoms with Crippen molar-refractivity contribution in [3.05, 3.63) is 65.2 Å². The molecule has 1 fully saturated rings. The van der Waals surface area contributed by atoms with Gasteiger partial charge in [0.15, 0.2) is 0 Å². The first-order chi connectivity index (χ1) is 9.27. The highest BCUT2D eigenvalue weighted by Gasteiger charge is 2.25. The normalized spacial score (nSPS) is 16.9. The lowest BCUT2D eigenvalue weighted by atomic mass is 9.77. The van der Waals surface area contributed by atoms with Crippen LogP contribution < -0.4 is 5.73 Å². The summed E-state index contributed by atoms with van der Waals surface area (Å²) in [5.74, 6) is 0.243. The summed E-state index contributed by atoms with van der Waals surface area (Å²) >= 11 is 0. The van der Waals surface area contributed by atoms with Crippen molar-refractivity contribution in [3.63, 3.8) is 0 Å². The van der Waals surface area contributed by atoms with Crippen molar-refractivity contribution in [2.24, 2.45) is 5.73 Å². The predicted molar refractivity (Wildman–Crippen MR) is 73.3 cm³/mol. The molecule has 1 aromatic carbocycles. The minimum absolute atomic E-state index is 0.328. The molecule has 19 heavy (non-hydrogen) atoms. The first-order valence-corrected chi connectivity index (χ1v) is 6.72. The van der Waals surface area contributed by atoms with Crippen LogP contribution in [-0.4, -0.2) is 4.98 Å². The molecule has 0 bridgehead atoms. The van der Waals surface area contributed by atoms with E-state index in [-0.39, 0.29) is 5.82 Å². The number of nitrogens with zero attached hydrogens (tertiary/aromatic N) is 1. The Balaban J connectivity index is 2.00. The summed E-state index contributed by atoms with van der Waals surface area (Å²) in [7, 11) is 0. The Bertz CT molecular complexity index is 578. The second-order valence-electron chi connectivity index (χ2n) is 5.10. The van der Waals surface area contributed by atoms with E-state index in [0.717, 1.165) is 5.56 Å². The van der Waals surface area contributed by atoms with Crippen molar-refractivity contribution in [1.29, 1.82) is 0 Å². The van der Waals surface area contributed by atoms with Gasteiger partial charge in [-0.05, 0) is 42.0 Å². The molecule has 2 N–H and O–H groups in total. The number of halogens is 1. The topological polar surface area (TPSA) is 38.9 Å². The molecule has 1 atom stereocenters. The fraction of sp³-hybridized carbons (Fsp3) is 0.312. The molecule has 0 aliphatic heterocycles. The average molecular weight is 256 g/mol. The highest BCUT2D eigenvalue weighted by Crippen LogP contribution is 2.40. The van der Waals surface area contributed by atoms with E-state index in [2.05, 4.69) is 11.1 Å². The number of aromatic nitrogens is 1. The van der Waals surface area contributed by atoms with Gasteiger partial charge in [-0.25, -0.2) is 4.39 Å². The van der Waals surface area contributed by atoms with Gasteiger partial charge in [0.2, 0.25) is 0 Å². The Morgan fingerprint density at radius 1 is 1.16 bits per heavy atom. The maximum Gasteiger partial charge on any atom is 0.146 e. The zero-order valence-corrected chi connectivity index (χ0v) is 10.7. The predicted octanol–water partition coefficient (Wildman–Crippen LogP) is 3.54. The van der Waals surface area contributed by atoms with Crippen molar-refractivity contribution >= 4 is 0 Å². The largest absolute Gasteiger partial charge is 0.319 e. The molecule has 1 saturated carbocycles. The van der Waals surface area contributed by atoms with Crippen LogP contribution in [0.25, 0.3) is 0 Å². The summed E-state index contributed by atoms with van der Waals surface area (Å²) in [6.07, 6.45) is 5.26. The molecule has 1 aliphatic carbocycles. The van der Waals surface area contributed by atoms with E-state index in [0.29, 0.717) is 11.6 Å². The highest BCUT2D eigenvalue weighted by atomic mass is 19.1. The van der Waals surface area contributed by atoms with E-state index < -0.39 is 6.04 Å². The monoisotopic (exact) mass is 256 g/mol. The van der Waals surface area contributed by atoms with Gasteiger partial charge < -0.3 is 5.73 Å². The molecule has 0 saturated heterocycles. The Hall–Kier alpha value is -1.74. The fourth-order valence-corrected chi connectivity index (χ4v) is 2.66. The minimum atomic E-state index is -0.488. The highest BCUT2D eigenvalue weighted by molar-refractivity contribution is 5.38. The maximum absolute atomic E-state index is 13.8. The van der Waals surface area contributed by atoms with Crippen LogP contribution in [0, 0.1) is 5.82 Å². The van der Waals surface area contributed by atoms with E-state index in [9.17, 15) is 4.39 Å². The van der Waals surface area contributed by atoms with E-state index in [4.69, 9.17) is 5.73 Å². The average Bonchev–Trinajstić information content (AvgIpc) is 2.37. The third kappa shape index (κ3) is 2.26. The van der Waals surface area contributed by atoms with Crippen LogP contribution in [0.4, 0.5) is 4.39 Å². The van der Waals surface area contributed by atoms with E-state index in [1.807, 2.05) is 18.2 Å². The molecule has 2 aromatic rings. The van der Waals surface area contributed by atoms with Crippen LogP contribution in [0.2, 0.25) is 0 Å². The van der Waals surface area contributed by atoms with Crippen LogP contribution in [0.5, 0.6) is 0 Å². The van der Waals surface area contributed by atoms with Crippen LogP contribution >= 0.6 is 0 Å². The van der Waals surface area contributed by atoms with Crippen molar-refractivity contribution in [1.82, 2.24) is 4.98 Å². The summed E-state index contributed by atoms with van der Waals surface area (Å²) in [6.45, 7) is 0. The summed E-state index contributed by atoms with van der Waals surface area (Å²) in [5.41, 5.74) is 8.82. The van der Waals surface area contributed by atoms with Crippen molar-refractivity contribution in [3.8, 4) is 0 Å². The van der Waals surface area contributed by atoms with Gasteiger partial charge in [-0.3, -0.25) is 4.98 Å². The smallest absolute Gasteiger partial charge is 0.146 e. The van der Waals surface area contributed by atoms with Gasteiger partial charge in [0, 0.05) is 6.20 Å². The van der Waals surface area contributed by atoms with Crippen molar-refractivity contribution < 1.29 is 4.39 Å². The zero-order chi connectivity index (χ0) is 13.2. The molecule has 0 radical (unpaired) electrons. The molecule has 2 nitrogen and oxygen atoms in total. The first kappa shape index (κ1) is 12.3. The van der Waals surface area contributed by atoms with Crippen LogP contribution in [0.15, 0.2) is 42.6 Å². The number of hydrogen-bond acceptors (Lipinski definition) is 2. The molecule has 1 aliphatic rings. The Kier molecular flexibility index (Phi) is 3.30. The second kappa shape index (κ2) is 5.10. The van der Waals surface area contributed by atoms with Gasteiger partial charge in [0.25, 0.3) is 0 Å². The molecule has 0 spiro atoms. The van der Waals surface area contributed by atoms with Gasteiger partial charge in [-0.2, -0.15) is 0 Å². The zero-order valence-electron chi connectivity index (χ0n) is 10.7. The Morgan fingerprint density at radius 2 is 1.95 bits per heavy atom. The summed E-state index contributed by atoms with van der Waals surface area (Å²) in [6, 6.07) is 10.6.